The van der Waals surface area contributed by atoms with Crippen LogP contribution in [-0.2, 0) is 7.05 Å². The molecular formula is C8H15N3O. The third-order valence-corrected chi connectivity index (χ3v) is 2.19. The van der Waals surface area contributed by atoms with E-state index in [0.717, 1.165) is 17.0 Å². The van der Waals surface area contributed by atoms with Crippen molar-refractivity contribution in [1.29, 1.82) is 0 Å². The van der Waals surface area contributed by atoms with Crippen LogP contribution < -0.4 is 5.48 Å². The molecule has 68 valence electrons. The molecule has 1 atom stereocenters. The second-order valence-electron chi connectivity index (χ2n) is 3.06. The highest BCUT2D eigenvalue weighted by atomic mass is 16.5. The van der Waals surface area contributed by atoms with Gasteiger partial charge in [0.15, 0.2) is 0 Å². The molecule has 0 aromatic carbocycles. The Bertz CT molecular complexity index is 280. The van der Waals surface area contributed by atoms with Crippen molar-refractivity contribution in [1.82, 2.24) is 15.3 Å². The van der Waals surface area contributed by atoms with Gasteiger partial charge in [0, 0.05) is 18.3 Å². The quantitative estimate of drug-likeness (QED) is 0.651. The maximum absolute atomic E-state index is 8.76. The molecule has 4 nitrogen and oxygen atoms in total. The Hall–Kier alpha value is -0.870. The lowest BCUT2D eigenvalue weighted by molar-refractivity contribution is 0.133. The fourth-order valence-corrected chi connectivity index (χ4v) is 1.48. The van der Waals surface area contributed by atoms with Gasteiger partial charge in [0.2, 0.25) is 0 Å². The lowest BCUT2D eigenvalue weighted by atomic mass is 10.1. The first-order valence-corrected chi connectivity index (χ1v) is 3.97. The van der Waals surface area contributed by atoms with Gasteiger partial charge >= 0.3 is 0 Å². The molecule has 0 spiro atoms. The Morgan fingerprint density at radius 2 is 2.08 bits per heavy atom. The van der Waals surface area contributed by atoms with Gasteiger partial charge < -0.3 is 5.21 Å². The van der Waals surface area contributed by atoms with Crippen LogP contribution in [0.25, 0.3) is 0 Å². The van der Waals surface area contributed by atoms with Gasteiger partial charge in [0.25, 0.3) is 0 Å². The molecular weight excluding hydrogens is 154 g/mol. The average molecular weight is 169 g/mol. The van der Waals surface area contributed by atoms with Gasteiger partial charge in [-0.15, -0.1) is 0 Å². The van der Waals surface area contributed by atoms with Crippen molar-refractivity contribution in [3.63, 3.8) is 0 Å². The van der Waals surface area contributed by atoms with Crippen LogP contribution in [0.15, 0.2) is 0 Å². The van der Waals surface area contributed by atoms with E-state index in [1.165, 1.54) is 0 Å². The van der Waals surface area contributed by atoms with Gasteiger partial charge in [-0.3, -0.25) is 4.68 Å². The highest BCUT2D eigenvalue weighted by Gasteiger charge is 2.14. The number of nitrogens with zero attached hydrogens (tertiary/aromatic N) is 2. The zero-order valence-corrected chi connectivity index (χ0v) is 7.92. The molecule has 12 heavy (non-hydrogen) atoms. The summed E-state index contributed by atoms with van der Waals surface area (Å²) in [5.41, 5.74) is 5.34. The third kappa shape index (κ3) is 1.35. The van der Waals surface area contributed by atoms with Crippen molar-refractivity contribution in [2.45, 2.75) is 26.8 Å². The van der Waals surface area contributed by atoms with E-state index >= 15 is 0 Å². The molecule has 0 bridgehead atoms. The van der Waals surface area contributed by atoms with Crippen LogP contribution in [0.3, 0.4) is 0 Å². The largest absolute Gasteiger partial charge is 0.316 e. The molecule has 0 aliphatic carbocycles. The fraction of sp³-hybridized carbons (Fsp3) is 0.625. The third-order valence-electron chi connectivity index (χ3n) is 2.19. The maximum atomic E-state index is 8.76. The van der Waals surface area contributed by atoms with Gasteiger partial charge in [0.05, 0.1) is 11.7 Å². The summed E-state index contributed by atoms with van der Waals surface area (Å²) in [4.78, 5) is 0. The van der Waals surface area contributed by atoms with Crippen LogP contribution in [0, 0.1) is 13.8 Å². The topological polar surface area (TPSA) is 50.1 Å². The minimum atomic E-state index is -0.0568. The van der Waals surface area contributed by atoms with Crippen molar-refractivity contribution in [2.75, 3.05) is 0 Å². The molecule has 1 rings (SSSR count). The van der Waals surface area contributed by atoms with Crippen LogP contribution in [0.1, 0.15) is 29.9 Å². The Morgan fingerprint density at radius 3 is 2.42 bits per heavy atom. The number of hydrogen-bond acceptors (Lipinski definition) is 3. The van der Waals surface area contributed by atoms with E-state index in [-0.39, 0.29) is 6.04 Å². The molecule has 1 unspecified atom stereocenters. The van der Waals surface area contributed by atoms with Crippen molar-refractivity contribution < 1.29 is 5.21 Å². The minimum Gasteiger partial charge on any atom is -0.316 e. The number of hydrogen-bond donors (Lipinski definition) is 2. The number of hydroxylamine groups is 1. The monoisotopic (exact) mass is 169 g/mol. The summed E-state index contributed by atoms with van der Waals surface area (Å²) in [6.07, 6.45) is 0. The minimum absolute atomic E-state index is 0.0568. The predicted octanol–water partition coefficient (Wildman–Crippen LogP) is 1.08. The summed E-state index contributed by atoms with van der Waals surface area (Å²) in [6.45, 7) is 5.83. The first-order chi connectivity index (χ1) is 5.57. The summed E-state index contributed by atoms with van der Waals surface area (Å²) in [5, 5.41) is 13.0. The molecule has 0 saturated carbocycles. The van der Waals surface area contributed by atoms with Crippen LogP contribution in [0.4, 0.5) is 0 Å². The molecule has 4 heteroatoms. The Kier molecular flexibility index (Phi) is 2.49. The second kappa shape index (κ2) is 3.25. The first-order valence-electron chi connectivity index (χ1n) is 3.97. The smallest absolute Gasteiger partial charge is 0.0644 e. The lowest BCUT2D eigenvalue weighted by Gasteiger charge is -2.08. The van der Waals surface area contributed by atoms with Crippen molar-refractivity contribution in [2.24, 2.45) is 7.05 Å². The van der Waals surface area contributed by atoms with Gasteiger partial charge in [-0.1, -0.05) is 0 Å². The zero-order valence-electron chi connectivity index (χ0n) is 7.92. The molecule has 0 saturated heterocycles. The molecule has 1 aromatic rings. The van der Waals surface area contributed by atoms with E-state index in [2.05, 4.69) is 10.6 Å². The first kappa shape index (κ1) is 9.22. The number of aromatic nitrogens is 2. The summed E-state index contributed by atoms with van der Waals surface area (Å²) in [5.74, 6) is 0. The van der Waals surface area contributed by atoms with Crippen LogP contribution >= 0.6 is 0 Å². The van der Waals surface area contributed by atoms with Crippen molar-refractivity contribution >= 4 is 0 Å². The SMILES string of the molecule is Cc1nn(C)c(C)c1C(C)NO. The number of nitrogens with one attached hydrogen (secondary N) is 1. The molecule has 0 aliphatic heterocycles. The van der Waals surface area contributed by atoms with Gasteiger partial charge in [-0.2, -0.15) is 10.6 Å². The molecule has 0 amide bonds. The van der Waals surface area contributed by atoms with E-state index in [1.807, 2.05) is 32.5 Å². The maximum Gasteiger partial charge on any atom is 0.0644 e. The van der Waals surface area contributed by atoms with E-state index in [9.17, 15) is 0 Å². The highest BCUT2D eigenvalue weighted by Crippen LogP contribution is 2.19. The Balaban J connectivity index is 3.13. The van der Waals surface area contributed by atoms with Crippen LogP contribution in [0.2, 0.25) is 0 Å². The van der Waals surface area contributed by atoms with E-state index in [4.69, 9.17) is 5.21 Å². The number of aryl methyl sites for hydroxylation is 2. The summed E-state index contributed by atoms with van der Waals surface area (Å²) in [7, 11) is 1.90. The van der Waals surface area contributed by atoms with Crippen molar-refractivity contribution in [3.8, 4) is 0 Å². The second-order valence-corrected chi connectivity index (χ2v) is 3.06. The van der Waals surface area contributed by atoms with Gasteiger partial charge in [0.1, 0.15) is 0 Å². The number of rotatable bonds is 2. The Labute approximate surface area is 72.2 Å². The summed E-state index contributed by atoms with van der Waals surface area (Å²) in [6, 6.07) is -0.0568. The summed E-state index contributed by atoms with van der Waals surface area (Å²) >= 11 is 0. The lowest BCUT2D eigenvalue weighted by Crippen LogP contribution is -2.14. The van der Waals surface area contributed by atoms with Gasteiger partial charge in [-0.25, -0.2) is 0 Å². The van der Waals surface area contributed by atoms with E-state index < -0.39 is 0 Å². The summed E-state index contributed by atoms with van der Waals surface area (Å²) < 4.78 is 1.82. The molecule has 2 N–H and O–H groups in total. The molecule has 0 aliphatic rings. The van der Waals surface area contributed by atoms with Crippen molar-refractivity contribution in [3.05, 3.63) is 17.0 Å². The highest BCUT2D eigenvalue weighted by molar-refractivity contribution is 5.27. The van der Waals surface area contributed by atoms with Crippen LogP contribution in [-0.4, -0.2) is 15.0 Å². The normalized spacial score (nSPS) is 13.4. The molecule has 1 heterocycles. The molecule has 1 aromatic heterocycles. The fourth-order valence-electron chi connectivity index (χ4n) is 1.48. The molecule has 0 fully saturated rings. The predicted molar refractivity (Wildman–Crippen MR) is 46.0 cm³/mol. The van der Waals surface area contributed by atoms with Gasteiger partial charge in [-0.05, 0) is 20.8 Å². The van der Waals surface area contributed by atoms with Crippen LogP contribution in [0.5, 0.6) is 0 Å². The van der Waals surface area contributed by atoms with E-state index in [1.54, 1.807) is 0 Å². The average Bonchev–Trinajstić information content (AvgIpc) is 2.26. The zero-order chi connectivity index (χ0) is 9.30. The standard InChI is InChI=1S/C8H15N3O/c1-5-8(6(2)10-12)7(3)11(4)9-5/h6,10,12H,1-4H3. The molecule has 0 radical (unpaired) electrons. The van der Waals surface area contributed by atoms with E-state index in [0.29, 0.717) is 0 Å². The Morgan fingerprint density at radius 1 is 1.50 bits per heavy atom.